The molecule has 0 aliphatic rings. The molecule has 2 aromatic carbocycles. The van der Waals surface area contributed by atoms with E-state index in [9.17, 15) is 4.79 Å². The summed E-state index contributed by atoms with van der Waals surface area (Å²) in [4.78, 5) is 10.8. The Morgan fingerprint density at radius 1 is 1.04 bits per heavy atom. The van der Waals surface area contributed by atoms with Crippen molar-refractivity contribution in [1.82, 2.24) is 0 Å². The number of benzene rings is 2. The van der Waals surface area contributed by atoms with Crippen LogP contribution in [-0.2, 0) is 0 Å². The molecule has 2 rings (SSSR count). The molecule has 0 atom stereocenters. The van der Waals surface area contributed by atoms with Crippen LogP contribution < -0.4 is 14.2 Å². The first kappa shape index (κ1) is 21.5. The third-order valence-electron chi connectivity index (χ3n) is 3.16. The standard InChI is InChI=1S/C18H14Cl4O5/c1-2-18(21,22)27-13-9-14(19)16(15(20)10-13)26-8-7-25-12-5-3-11(4-6-12)17(23)24/h2-6,9-10H,1,7-8H2,(H,23,24). The number of ether oxygens (including phenoxy) is 3. The maximum atomic E-state index is 10.8. The molecule has 0 amide bonds. The fourth-order valence-corrected chi connectivity index (χ4v) is 2.68. The van der Waals surface area contributed by atoms with Crippen LogP contribution in [0.2, 0.25) is 10.0 Å². The summed E-state index contributed by atoms with van der Waals surface area (Å²) >= 11 is 24.0. The number of hydrogen-bond donors (Lipinski definition) is 1. The highest BCUT2D eigenvalue weighted by molar-refractivity contribution is 6.48. The normalized spacial score (nSPS) is 11.0. The number of carbonyl (C=O) groups is 1. The van der Waals surface area contributed by atoms with Gasteiger partial charge in [0.25, 0.3) is 4.52 Å². The second kappa shape index (κ2) is 9.42. The molecule has 0 fully saturated rings. The first-order valence-corrected chi connectivity index (χ1v) is 9.01. The van der Waals surface area contributed by atoms with Gasteiger partial charge < -0.3 is 19.3 Å². The molecule has 5 nitrogen and oxygen atoms in total. The smallest absolute Gasteiger partial charge is 0.335 e. The Labute approximate surface area is 175 Å². The van der Waals surface area contributed by atoms with Gasteiger partial charge in [-0.3, -0.25) is 0 Å². The monoisotopic (exact) mass is 450 g/mol. The zero-order valence-corrected chi connectivity index (χ0v) is 16.8. The predicted octanol–water partition coefficient (Wildman–Crippen LogP) is 5.85. The summed E-state index contributed by atoms with van der Waals surface area (Å²) in [6, 6.07) is 8.91. The Morgan fingerprint density at radius 2 is 1.59 bits per heavy atom. The number of alkyl halides is 2. The van der Waals surface area contributed by atoms with Gasteiger partial charge in [0.1, 0.15) is 24.7 Å². The van der Waals surface area contributed by atoms with E-state index in [1.807, 2.05) is 0 Å². The van der Waals surface area contributed by atoms with E-state index in [2.05, 4.69) is 6.58 Å². The second-order valence-corrected chi connectivity index (χ2v) is 7.24. The van der Waals surface area contributed by atoms with Gasteiger partial charge in [0.2, 0.25) is 0 Å². The average molecular weight is 452 g/mol. The van der Waals surface area contributed by atoms with E-state index < -0.39 is 10.5 Å². The molecule has 0 saturated heterocycles. The molecule has 0 saturated carbocycles. The molecule has 0 bridgehead atoms. The van der Waals surface area contributed by atoms with E-state index in [0.717, 1.165) is 0 Å². The molecule has 0 aromatic heterocycles. The minimum atomic E-state index is -1.61. The van der Waals surface area contributed by atoms with Crippen LogP contribution in [0.3, 0.4) is 0 Å². The van der Waals surface area contributed by atoms with Crippen molar-refractivity contribution in [2.75, 3.05) is 13.2 Å². The Hall–Kier alpha value is -1.79. The number of halogens is 4. The summed E-state index contributed by atoms with van der Waals surface area (Å²) in [5.74, 6) is 0.00525. The van der Waals surface area contributed by atoms with Crippen LogP contribution >= 0.6 is 46.4 Å². The molecule has 0 aliphatic heterocycles. The van der Waals surface area contributed by atoms with Crippen LogP contribution in [0.15, 0.2) is 49.1 Å². The second-order valence-electron chi connectivity index (χ2n) is 5.11. The predicted molar refractivity (Wildman–Crippen MR) is 106 cm³/mol. The largest absolute Gasteiger partial charge is 0.490 e. The summed E-state index contributed by atoms with van der Waals surface area (Å²) in [5.41, 5.74) is 0.175. The lowest BCUT2D eigenvalue weighted by molar-refractivity contribution is 0.0697. The quantitative estimate of drug-likeness (QED) is 0.294. The molecule has 2 aromatic rings. The highest BCUT2D eigenvalue weighted by Gasteiger charge is 2.22. The van der Waals surface area contributed by atoms with Gasteiger partial charge in [-0.1, -0.05) is 53.0 Å². The Bertz CT molecular complexity index is 798. The van der Waals surface area contributed by atoms with Crippen molar-refractivity contribution in [1.29, 1.82) is 0 Å². The molecular formula is C18H14Cl4O5. The van der Waals surface area contributed by atoms with Gasteiger partial charge in [-0.05, 0) is 30.3 Å². The summed E-state index contributed by atoms with van der Waals surface area (Å²) < 4.78 is 14.7. The lowest BCUT2D eigenvalue weighted by atomic mass is 10.2. The molecule has 144 valence electrons. The zero-order chi connectivity index (χ0) is 20.0. The Kier molecular flexibility index (Phi) is 7.50. The summed E-state index contributed by atoms with van der Waals surface area (Å²) in [6.45, 7) is 3.81. The summed E-state index contributed by atoms with van der Waals surface area (Å²) in [5, 5.41) is 9.26. The molecule has 0 radical (unpaired) electrons. The van der Waals surface area contributed by atoms with E-state index in [4.69, 9.17) is 65.7 Å². The maximum absolute atomic E-state index is 10.8. The van der Waals surface area contributed by atoms with Gasteiger partial charge >= 0.3 is 5.97 Å². The van der Waals surface area contributed by atoms with Gasteiger partial charge in [0, 0.05) is 12.1 Å². The number of carboxylic acids is 1. The van der Waals surface area contributed by atoms with Crippen molar-refractivity contribution < 1.29 is 24.1 Å². The van der Waals surface area contributed by atoms with Gasteiger partial charge in [-0.25, -0.2) is 4.79 Å². The Balaban J connectivity index is 1.92. The van der Waals surface area contributed by atoms with Crippen LogP contribution in [0.25, 0.3) is 0 Å². The van der Waals surface area contributed by atoms with E-state index in [1.165, 1.54) is 30.3 Å². The van der Waals surface area contributed by atoms with E-state index in [-0.39, 0.29) is 40.3 Å². The maximum Gasteiger partial charge on any atom is 0.335 e. The van der Waals surface area contributed by atoms with Gasteiger partial charge in [-0.2, -0.15) is 0 Å². The SMILES string of the molecule is C=CC(Cl)(Cl)Oc1cc(Cl)c(OCCOc2ccc(C(=O)O)cc2)c(Cl)c1. The summed E-state index contributed by atoms with van der Waals surface area (Å²) in [7, 11) is 0. The third-order valence-corrected chi connectivity index (χ3v) is 4.19. The van der Waals surface area contributed by atoms with E-state index in [0.29, 0.717) is 5.75 Å². The van der Waals surface area contributed by atoms with Crippen molar-refractivity contribution in [2.24, 2.45) is 0 Å². The first-order valence-electron chi connectivity index (χ1n) is 7.50. The molecule has 1 N–H and O–H groups in total. The van der Waals surface area contributed by atoms with Crippen LogP contribution in [0.4, 0.5) is 0 Å². The average Bonchev–Trinajstić information content (AvgIpc) is 2.60. The lowest BCUT2D eigenvalue weighted by Crippen LogP contribution is -2.17. The van der Waals surface area contributed by atoms with Crippen molar-refractivity contribution in [3.8, 4) is 17.2 Å². The van der Waals surface area contributed by atoms with E-state index in [1.54, 1.807) is 12.1 Å². The number of hydrogen-bond acceptors (Lipinski definition) is 4. The van der Waals surface area contributed by atoms with E-state index >= 15 is 0 Å². The fourth-order valence-electron chi connectivity index (χ4n) is 1.93. The summed E-state index contributed by atoms with van der Waals surface area (Å²) in [6.07, 6.45) is 1.21. The topological polar surface area (TPSA) is 65.0 Å². The fraction of sp³-hybridized carbons (Fsp3) is 0.167. The first-order chi connectivity index (χ1) is 12.7. The zero-order valence-electron chi connectivity index (χ0n) is 13.8. The molecule has 0 aliphatic carbocycles. The highest BCUT2D eigenvalue weighted by Crippen LogP contribution is 2.39. The molecule has 0 heterocycles. The molecule has 0 spiro atoms. The van der Waals surface area contributed by atoms with Crippen LogP contribution in [0.5, 0.6) is 17.2 Å². The number of carboxylic acid groups (broad SMARTS) is 1. The van der Waals surface area contributed by atoms with Gasteiger partial charge in [-0.15, -0.1) is 0 Å². The Morgan fingerprint density at radius 3 is 2.11 bits per heavy atom. The van der Waals surface area contributed by atoms with Crippen LogP contribution in [0.1, 0.15) is 10.4 Å². The minimum Gasteiger partial charge on any atom is -0.490 e. The molecule has 0 unspecified atom stereocenters. The highest BCUT2D eigenvalue weighted by atomic mass is 35.5. The van der Waals surface area contributed by atoms with Crippen molar-refractivity contribution in [2.45, 2.75) is 4.52 Å². The van der Waals surface area contributed by atoms with Gasteiger partial charge in [0.05, 0.1) is 15.6 Å². The molecular weight excluding hydrogens is 438 g/mol. The third kappa shape index (κ3) is 6.40. The number of aromatic carboxylic acids is 1. The molecule has 9 heteroatoms. The minimum absolute atomic E-state index is 0.155. The number of rotatable bonds is 9. The van der Waals surface area contributed by atoms with Crippen LogP contribution in [0, 0.1) is 0 Å². The van der Waals surface area contributed by atoms with Gasteiger partial charge in [0.15, 0.2) is 5.75 Å². The van der Waals surface area contributed by atoms with Crippen molar-refractivity contribution in [3.05, 3.63) is 64.7 Å². The van der Waals surface area contributed by atoms with Crippen molar-refractivity contribution in [3.63, 3.8) is 0 Å². The van der Waals surface area contributed by atoms with Crippen molar-refractivity contribution >= 4 is 52.4 Å². The van der Waals surface area contributed by atoms with Crippen LogP contribution in [-0.4, -0.2) is 28.8 Å². The molecule has 27 heavy (non-hydrogen) atoms. The lowest BCUT2D eigenvalue weighted by Gasteiger charge is -2.18.